The number of esters is 2. The van der Waals surface area contributed by atoms with E-state index in [4.69, 9.17) is 21.1 Å². The van der Waals surface area contributed by atoms with Gasteiger partial charge >= 0.3 is 11.9 Å². The van der Waals surface area contributed by atoms with E-state index < -0.39 is 30.4 Å². The van der Waals surface area contributed by atoms with Gasteiger partial charge in [0.05, 0.1) is 18.1 Å². The Bertz CT molecular complexity index is 1080. The minimum Gasteiger partial charge on any atom is -0.462 e. The summed E-state index contributed by atoms with van der Waals surface area (Å²) in [5.41, 5.74) is 2.22. The molecule has 0 radical (unpaired) electrons. The smallest absolute Gasteiger partial charge is 0.338 e. The van der Waals surface area contributed by atoms with Gasteiger partial charge in [-0.1, -0.05) is 31.5 Å². The van der Waals surface area contributed by atoms with Crippen molar-refractivity contribution in [2.45, 2.75) is 27.2 Å². The first-order valence-electron chi connectivity index (χ1n) is 10.9. The number of carbonyl (C=O) groups excluding carboxylic acids is 4. The van der Waals surface area contributed by atoms with Crippen LogP contribution in [0.3, 0.4) is 0 Å². The molecule has 3 rings (SSSR count). The van der Waals surface area contributed by atoms with Crippen LogP contribution in [0, 0.1) is 18.8 Å². The van der Waals surface area contributed by atoms with Gasteiger partial charge in [-0.05, 0) is 54.8 Å². The normalized spacial score (nSPS) is 15.4. The lowest BCUT2D eigenvalue weighted by Crippen LogP contribution is -2.28. The molecule has 0 unspecified atom stereocenters. The second-order valence-corrected chi connectivity index (χ2v) is 8.92. The van der Waals surface area contributed by atoms with Crippen LogP contribution >= 0.6 is 11.6 Å². The van der Waals surface area contributed by atoms with E-state index in [2.05, 4.69) is 5.32 Å². The van der Waals surface area contributed by atoms with Crippen molar-refractivity contribution in [1.82, 2.24) is 0 Å². The maximum Gasteiger partial charge on any atom is 0.338 e. The molecule has 1 heterocycles. The molecule has 1 aliphatic heterocycles. The zero-order chi connectivity index (χ0) is 24.8. The predicted octanol–water partition coefficient (Wildman–Crippen LogP) is 4.00. The summed E-state index contributed by atoms with van der Waals surface area (Å²) in [6.07, 6.45) is 0.000770. The molecule has 34 heavy (non-hydrogen) atoms. The molecular formula is C25H27ClN2O6. The first-order chi connectivity index (χ1) is 16.2. The van der Waals surface area contributed by atoms with Gasteiger partial charge in [0.25, 0.3) is 5.91 Å². The second-order valence-electron chi connectivity index (χ2n) is 8.51. The predicted molar refractivity (Wildman–Crippen MR) is 128 cm³/mol. The Morgan fingerprint density at radius 1 is 1.12 bits per heavy atom. The number of nitrogens with zero attached hydrogens (tertiary/aromatic N) is 1. The van der Waals surface area contributed by atoms with E-state index in [0.29, 0.717) is 28.6 Å². The molecule has 1 atom stereocenters. The third kappa shape index (κ3) is 6.35. The number of hydrogen-bond acceptors (Lipinski definition) is 6. The first-order valence-corrected chi connectivity index (χ1v) is 11.3. The highest BCUT2D eigenvalue weighted by molar-refractivity contribution is 6.31. The van der Waals surface area contributed by atoms with Crippen LogP contribution in [0.25, 0.3) is 0 Å². The van der Waals surface area contributed by atoms with Gasteiger partial charge in [-0.25, -0.2) is 4.79 Å². The van der Waals surface area contributed by atoms with Crippen molar-refractivity contribution >= 4 is 46.7 Å². The highest BCUT2D eigenvalue weighted by Crippen LogP contribution is 2.31. The van der Waals surface area contributed by atoms with Crippen molar-refractivity contribution in [2.24, 2.45) is 11.8 Å². The molecule has 180 valence electrons. The Labute approximate surface area is 203 Å². The molecule has 2 aromatic carbocycles. The summed E-state index contributed by atoms with van der Waals surface area (Å²) in [7, 11) is 0. The Kier molecular flexibility index (Phi) is 8.28. The van der Waals surface area contributed by atoms with E-state index in [1.54, 1.807) is 42.5 Å². The number of benzene rings is 2. The van der Waals surface area contributed by atoms with Crippen molar-refractivity contribution < 1.29 is 28.7 Å². The first kappa shape index (κ1) is 25.2. The summed E-state index contributed by atoms with van der Waals surface area (Å²) in [6.45, 7) is 5.69. The van der Waals surface area contributed by atoms with Crippen LogP contribution in [0.15, 0.2) is 42.5 Å². The molecule has 1 N–H and O–H groups in total. The van der Waals surface area contributed by atoms with Crippen molar-refractivity contribution in [3.05, 3.63) is 58.6 Å². The average Bonchev–Trinajstić information content (AvgIpc) is 3.19. The Morgan fingerprint density at radius 3 is 2.50 bits per heavy atom. The maximum absolute atomic E-state index is 12.4. The van der Waals surface area contributed by atoms with E-state index in [9.17, 15) is 19.2 Å². The topological polar surface area (TPSA) is 102 Å². The molecule has 8 nitrogen and oxygen atoms in total. The molecule has 2 aromatic rings. The fraction of sp³-hybridized carbons (Fsp3) is 0.360. The van der Waals surface area contributed by atoms with Gasteiger partial charge in [-0.15, -0.1) is 0 Å². The Hall–Kier alpha value is -3.39. The summed E-state index contributed by atoms with van der Waals surface area (Å²) >= 11 is 6.14. The van der Waals surface area contributed by atoms with Gasteiger partial charge in [-0.3, -0.25) is 14.4 Å². The minimum absolute atomic E-state index is 0.000770. The SMILES string of the molecule is Cc1c(Cl)cccc1N1C[C@H](C(=O)OCC(=O)Nc2ccc(C(=O)OCC(C)C)cc2)CC1=O. The van der Waals surface area contributed by atoms with Crippen LogP contribution in [-0.2, 0) is 23.9 Å². The van der Waals surface area contributed by atoms with E-state index in [1.165, 1.54) is 4.90 Å². The molecule has 0 bridgehead atoms. The van der Waals surface area contributed by atoms with Crippen molar-refractivity contribution in [3.8, 4) is 0 Å². The summed E-state index contributed by atoms with van der Waals surface area (Å²) in [5, 5.41) is 3.14. The van der Waals surface area contributed by atoms with Crippen LogP contribution < -0.4 is 10.2 Å². The molecule has 1 fully saturated rings. The quantitative estimate of drug-likeness (QED) is 0.566. The van der Waals surface area contributed by atoms with E-state index in [0.717, 1.165) is 5.56 Å². The lowest BCUT2D eigenvalue weighted by Gasteiger charge is -2.19. The molecule has 2 amide bonds. The number of anilines is 2. The largest absolute Gasteiger partial charge is 0.462 e. The lowest BCUT2D eigenvalue weighted by molar-refractivity contribution is -0.151. The number of carbonyl (C=O) groups is 4. The fourth-order valence-corrected chi connectivity index (χ4v) is 3.62. The Balaban J connectivity index is 1.48. The number of rotatable bonds is 8. The summed E-state index contributed by atoms with van der Waals surface area (Å²) in [6, 6.07) is 11.5. The Morgan fingerprint density at radius 2 is 1.82 bits per heavy atom. The molecule has 0 aromatic heterocycles. The number of amides is 2. The van der Waals surface area contributed by atoms with Crippen LogP contribution in [0.2, 0.25) is 5.02 Å². The molecule has 9 heteroatoms. The average molecular weight is 487 g/mol. The summed E-state index contributed by atoms with van der Waals surface area (Å²) in [5.74, 6) is -2.23. The van der Waals surface area contributed by atoms with Gasteiger partial charge in [0.2, 0.25) is 5.91 Å². The summed E-state index contributed by atoms with van der Waals surface area (Å²) in [4.78, 5) is 50.6. The van der Waals surface area contributed by atoms with Gasteiger partial charge in [-0.2, -0.15) is 0 Å². The fourth-order valence-electron chi connectivity index (χ4n) is 3.45. The van der Waals surface area contributed by atoms with Crippen LogP contribution in [0.5, 0.6) is 0 Å². The zero-order valence-corrected chi connectivity index (χ0v) is 20.1. The third-order valence-corrected chi connectivity index (χ3v) is 5.70. The second kappa shape index (κ2) is 11.2. The number of halogens is 1. The molecule has 0 aliphatic carbocycles. The monoisotopic (exact) mass is 486 g/mol. The van der Waals surface area contributed by atoms with Crippen LogP contribution in [0.1, 0.15) is 36.2 Å². The minimum atomic E-state index is -0.671. The number of ether oxygens (including phenoxy) is 2. The van der Waals surface area contributed by atoms with Crippen molar-refractivity contribution in [2.75, 3.05) is 30.0 Å². The van der Waals surface area contributed by atoms with E-state index in [1.807, 2.05) is 20.8 Å². The van der Waals surface area contributed by atoms with E-state index >= 15 is 0 Å². The van der Waals surface area contributed by atoms with Gasteiger partial charge in [0.1, 0.15) is 0 Å². The van der Waals surface area contributed by atoms with Gasteiger partial charge < -0.3 is 19.7 Å². The number of hydrogen-bond donors (Lipinski definition) is 1. The number of nitrogens with one attached hydrogen (secondary N) is 1. The van der Waals surface area contributed by atoms with Crippen LogP contribution in [0.4, 0.5) is 11.4 Å². The highest BCUT2D eigenvalue weighted by atomic mass is 35.5. The van der Waals surface area contributed by atoms with Gasteiger partial charge in [0, 0.05) is 29.4 Å². The molecule has 0 spiro atoms. The summed E-state index contributed by atoms with van der Waals surface area (Å²) < 4.78 is 10.3. The molecule has 1 aliphatic rings. The molecule has 1 saturated heterocycles. The van der Waals surface area contributed by atoms with Crippen LogP contribution in [-0.4, -0.2) is 43.5 Å². The third-order valence-electron chi connectivity index (χ3n) is 5.29. The zero-order valence-electron chi connectivity index (χ0n) is 19.3. The molecular weight excluding hydrogens is 460 g/mol. The lowest BCUT2D eigenvalue weighted by atomic mass is 10.1. The van der Waals surface area contributed by atoms with E-state index in [-0.39, 0.29) is 24.8 Å². The van der Waals surface area contributed by atoms with Gasteiger partial charge in [0.15, 0.2) is 6.61 Å². The van der Waals surface area contributed by atoms with Crippen molar-refractivity contribution in [3.63, 3.8) is 0 Å². The standard InChI is InChI=1S/C25H27ClN2O6/c1-15(2)13-33-24(31)17-7-9-19(10-8-17)27-22(29)14-34-25(32)18-11-23(30)28(12-18)21-6-4-5-20(26)16(21)3/h4-10,15,18H,11-14H2,1-3H3,(H,27,29)/t18-/m1/s1. The maximum atomic E-state index is 12.4. The highest BCUT2D eigenvalue weighted by Gasteiger charge is 2.37. The molecule has 0 saturated carbocycles. The van der Waals surface area contributed by atoms with Crippen molar-refractivity contribution in [1.29, 1.82) is 0 Å².